The fourth-order valence-electron chi connectivity index (χ4n) is 3.93. The predicted octanol–water partition coefficient (Wildman–Crippen LogP) is 0.458. The van der Waals surface area contributed by atoms with Gasteiger partial charge in [0.25, 0.3) is 5.91 Å². The lowest BCUT2D eigenvalue weighted by Gasteiger charge is -2.56. The maximum atomic E-state index is 12.7. The number of carbonyl (C=O) groups is 1. The van der Waals surface area contributed by atoms with E-state index in [1.807, 2.05) is 6.92 Å². The van der Waals surface area contributed by atoms with Crippen LogP contribution in [0.3, 0.4) is 0 Å². The van der Waals surface area contributed by atoms with Crippen molar-refractivity contribution in [3.63, 3.8) is 0 Å². The van der Waals surface area contributed by atoms with Crippen molar-refractivity contribution in [2.75, 3.05) is 26.3 Å². The van der Waals surface area contributed by atoms with Crippen LogP contribution in [0.1, 0.15) is 41.3 Å². The highest BCUT2D eigenvalue weighted by atomic mass is 16.5. The van der Waals surface area contributed by atoms with Gasteiger partial charge in [-0.25, -0.2) is 9.97 Å². The zero-order valence-electron chi connectivity index (χ0n) is 14.2. The molecule has 2 heterocycles. The molecule has 24 heavy (non-hydrogen) atoms. The van der Waals surface area contributed by atoms with Crippen molar-refractivity contribution < 1.29 is 19.7 Å². The maximum Gasteiger partial charge on any atom is 0.272 e. The molecule has 1 saturated carbocycles. The number of likely N-dealkylation sites (tertiary alicyclic amines) is 1. The Bertz CT molecular complexity index is 594. The summed E-state index contributed by atoms with van der Waals surface area (Å²) < 4.78 is 5.67. The summed E-state index contributed by atoms with van der Waals surface area (Å²) in [6.07, 6.45) is 1.61. The molecule has 7 nitrogen and oxygen atoms in total. The second-order valence-corrected chi connectivity index (χ2v) is 6.80. The summed E-state index contributed by atoms with van der Waals surface area (Å²) in [5.41, 5.74) is 0.938. The molecule has 0 unspecified atom stereocenters. The number of aliphatic hydroxyl groups is 2. The molecule has 2 fully saturated rings. The van der Waals surface area contributed by atoms with Crippen LogP contribution in [0.15, 0.2) is 6.07 Å². The third-order valence-electron chi connectivity index (χ3n) is 5.32. The number of ether oxygens (including phenoxy) is 1. The van der Waals surface area contributed by atoms with E-state index in [4.69, 9.17) is 9.84 Å². The Morgan fingerprint density at radius 1 is 1.38 bits per heavy atom. The van der Waals surface area contributed by atoms with Crippen LogP contribution >= 0.6 is 0 Å². The van der Waals surface area contributed by atoms with Crippen LogP contribution in [0.5, 0.6) is 0 Å². The van der Waals surface area contributed by atoms with Gasteiger partial charge in [-0.15, -0.1) is 0 Å². The average molecular weight is 335 g/mol. The lowest BCUT2D eigenvalue weighted by Crippen LogP contribution is -2.62. The summed E-state index contributed by atoms with van der Waals surface area (Å²) in [6, 6.07) is 1.71. The van der Waals surface area contributed by atoms with Gasteiger partial charge in [-0.3, -0.25) is 4.79 Å². The number of aryl methyl sites for hydroxylation is 2. The number of amides is 1. The summed E-state index contributed by atoms with van der Waals surface area (Å²) in [7, 11) is 0. The predicted molar refractivity (Wildman–Crippen MR) is 86.5 cm³/mol. The van der Waals surface area contributed by atoms with Crippen LogP contribution < -0.4 is 0 Å². The monoisotopic (exact) mass is 335 g/mol. The van der Waals surface area contributed by atoms with Crippen molar-refractivity contribution in [2.24, 2.45) is 5.41 Å². The summed E-state index contributed by atoms with van der Waals surface area (Å²) >= 11 is 0. The Hall–Kier alpha value is -1.57. The zero-order valence-corrected chi connectivity index (χ0v) is 14.2. The van der Waals surface area contributed by atoms with Gasteiger partial charge in [0.1, 0.15) is 11.5 Å². The van der Waals surface area contributed by atoms with Gasteiger partial charge in [0.15, 0.2) is 0 Å². The van der Waals surface area contributed by atoms with Crippen molar-refractivity contribution in [1.29, 1.82) is 0 Å². The molecule has 1 saturated heterocycles. The minimum atomic E-state index is -0.387. The standard InChI is InChI=1S/C17H25N3O4/c1-11-9-13(19-12(2)18-11)16(23)20-5-3-17(4-6-20)14(22)10-15(17)24-8-7-21/h9,14-15,21-22H,3-8,10H2,1-2H3/t14-,15+/m0/s1. The highest BCUT2D eigenvalue weighted by Gasteiger charge is 2.56. The fourth-order valence-corrected chi connectivity index (χ4v) is 3.93. The fraction of sp³-hybridized carbons (Fsp3) is 0.706. The van der Waals surface area contributed by atoms with E-state index in [9.17, 15) is 9.90 Å². The molecule has 2 N–H and O–H groups in total. The largest absolute Gasteiger partial charge is 0.394 e. The Kier molecular flexibility index (Phi) is 4.85. The quantitative estimate of drug-likeness (QED) is 0.830. The molecule has 1 aromatic heterocycles. The van der Waals surface area contributed by atoms with Gasteiger partial charge in [-0.1, -0.05) is 0 Å². The molecule has 0 radical (unpaired) electrons. The first-order valence-electron chi connectivity index (χ1n) is 8.48. The average Bonchev–Trinajstić information content (AvgIpc) is 2.57. The van der Waals surface area contributed by atoms with Gasteiger partial charge in [0.2, 0.25) is 0 Å². The van der Waals surface area contributed by atoms with Gasteiger partial charge in [-0.05, 0) is 32.8 Å². The molecular weight excluding hydrogens is 310 g/mol. The van der Waals surface area contributed by atoms with Crippen LogP contribution in [-0.4, -0.2) is 69.5 Å². The maximum absolute atomic E-state index is 12.7. The molecule has 2 atom stereocenters. The third-order valence-corrected chi connectivity index (χ3v) is 5.32. The van der Waals surface area contributed by atoms with Crippen molar-refractivity contribution >= 4 is 5.91 Å². The van der Waals surface area contributed by atoms with Gasteiger partial charge in [0, 0.05) is 30.6 Å². The third kappa shape index (κ3) is 3.03. The zero-order chi connectivity index (χ0) is 17.3. The van der Waals surface area contributed by atoms with Gasteiger partial charge >= 0.3 is 0 Å². The molecule has 0 bridgehead atoms. The van der Waals surface area contributed by atoms with Crippen molar-refractivity contribution in [3.8, 4) is 0 Å². The van der Waals surface area contributed by atoms with E-state index in [0.717, 1.165) is 5.69 Å². The number of hydrogen-bond acceptors (Lipinski definition) is 6. The van der Waals surface area contributed by atoms with Crippen LogP contribution in [0.2, 0.25) is 0 Å². The number of rotatable bonds is 4. The minimum Gasteiger partial charge on any atom is -0.394 e. The minimum absolute atomic E-state index is 0.0142. The Morgan fingerprint density at radius 3 is 2.67 bits per heavy atom. The van der Waals surface area contributed by atoms with Crippen molar-refractivity contribution in [2.45, 2.75) is 45.3 Å². The first-order valence-corrected chi connectivity index (χ1v) is 8.48. The summed E-state index contributed by atoms with van der Waals surface area (Å²) in [5.74, 6) is 0.513. The lowest BCUT2D eigenvalue weighted by molar-refractivity contribution is -0.211. The smallest absolute Gasteiger partial charge is 0.272 e. The second-order valence-electron chi connectivity index (χ2n) is 6.80. The first-order chi connectivity index (χ1) is 11.5. The Balaban J connectivity index is 1.65. The Labute approximate surface area is 141 Å². The molecule has 0 aromatic carbocycles. The molecular formula is C17H25N3O4. The number of carbonyl (C=O) groups excluding carboxylic acids is 1. The van der Waals surface area contributed by atoms with Crippen molar-refractivity contribution in [1.82, 2.24) is 14.9 Å². The number of nitrogens with zero attached hydrogens (tertiary/aromatic N) is 3. The van der Waals surface area contributed by atoms with E-state index in [-0.39, 0.29) is 30.1 Å². The second kappa shape index (κ2) is 6.74. The van der Waals surface area contributed by atoms with Crippen LogP contribution in [0.4, 0.5) is 0 Å². The molecule has 1 aliphatic heterocycles. The van der Waals surface area contributed by atoms with E-state index < -0.39 is 0 Å². The summed E-state index contributed by atoms with van der Waals surface area (Å²) in [5, 5.41) is 19.2. The molecule has 2 aliphatic rings. The molecule has 1 amide bonds. The highest BCUT2D eigenvalue weighted by Crippen LogP contribution is 2.51. The number of aliphatic hydroxyl groups excluding tert-OH is 2. The van der Waals surface area contributed by atoms with Crippen molar-refractivity contribution in [3.05, 3.63) is 23.3 Å². The van der Waals surface area contributed by atoms with Gasteiger partial charge in [-0.2, -0.15) is 0 Å². The molecule has 1 spiro atoms. The first kappa shape index (κ1) is 17.3. The molecule has 7 heteroatoms. The van der Waals surface area contributed by atoms with Gasteiger partial charge < -0.3 is 19.8 Å². The topological polar surface area (TPSA) is 95.8 Å². The lowest BCUT2D eigenvalue weighted by atomic mass is 9.58. The summed E-state index contributed by atoms with van der Waals surface area (Å²) in [4.78, 5) is 22.9. The molecule has 132 valence electrons. The van der Waals surface area contributed by atoms with Gasteiger partial charge in [0.05, 0.1) is 25.4 Å². The molecule has 1 aromatic rings. The molecule has 1 aliphatic carbocycles. The van der Waals surface area contributed by atoms with E-state index >= 15 is 0 Å². The van der Waals surface area contributed by atoms with E-state index in [1.54, 1.807) is 17.9 Å². The highest BCUT2D eigenvalue weighted by molar-refractivity contribution is 5.92. The van der Waals surface area contributed by atoms with Crippen LogP contribution in [0, 0.1) is 19.3 Å². The van der Waals surface area contributed by atoms with Crippen LogP contribution in [0.25, 0.3) is 0 Å². The van der Waals surface area contributed by atoms with E-state index in [0.29, 0.717) is 50.5 Å². The Morgan fingerprint density at radius 2 is 2.08 bits per heavy atom. The SMILES string of the molecule is Cc1cc(C(=O)N2CCC3(CC2)[C@@H](O)C[C@H]3OCCO)nc(C)n1. The normalized spacial score (nSPS) is 25.6. The van der Waals surface area contributed by atoms with E-state index in [1.165, 1.54) is 0 Å². The number of piperidine rings is 1. The number of aromatic nitrogens is 2. The number of hydrogen-bond donors (Lipinski definition) is 2. The van der Waals surface area contributed by atoms with E-state index in [2.05, 4.69) is 9.97 Å². The molecule has 3 rings (SSSR count). The van der Waals surface area contributed by atoms with Crippen LogP contribution in [-0.2, 0) is 4.74 Å². The summed E-state index contributed by atoms with van der Waals surface area (Å²) in [6.45, 7) is 5.07.